The van der Waals surface area contributed by atoms with Gasteiger partial charge in [0.1, 0.15) is 0 Å². The van der Waals surface area contributed by atoms with Gasteiger partial charge in [-0.15, -0.1) is 0 Å². The van der Waals surface area contributed by atoms with E-state index in [0.29, 0.717) is 0 Å². The molecule has 0 aromatic carbocycles. The van der Waals surface area contributed by atoms with Crippen LogP contribution in [-0.2, 0) is 13.2 Å². The Morgan fingerprint density at radius 2 is 0.706 bits per heavy atom. The summed E-state index contributed by atoms with van der Waals surface area (Å²) in [5.74, 6) is 0. The van der Waals surface area contributed by atoms with Crippen LogP contribution in [0.2, 0.25) is 0 Å². The molecular formula is C14H30Br2Zn. The van der Waals surface area contributed by atoms with Gasteiger partial charge >= 0.3 is 40.5 Å². The maximum atomic E-state index is 3.25. The zero-order valence-corrected chi connectivity index (χ0v) is 18.1. The van der Waals surface area contributed by atoms with Crippen LogP contribution in [0.15, 0.2) is 0 Å². The molecule has 17 heavy (non-hydrogen) atoms. The Hall–Kier alpha value is 1.58. The third-order valence-corrected chi connectivity index (χ3v) is 2.96. The van der Waals surface area contributed by atoms with Crippen molar-refractivity contribution >= 4 is 27.2 Å². The predicted molar refractivity (Wildman–Crippen MR) is 84.6 cm³/mol. The van der Waals surface area contributed by atoms with Gasteiger partial charge in [0, 0.05) is 0 Å². The Bertz CT molecular complexity index is 98.4. The molecule has 0 aromatic heterocycles. The van der Waals surface area contributed by atoms with Crippen molar-refractivity contribution in [2.24, 2.45) is 0 Å². The van der Waals surface area contributed by atoms with Crippen molar-refractivity contribution in [2.45, 2.75) is 90.9 Å². The van der Waals surface area contributed by atoms with Gasteiger partial charge in [0.2, 0.25) is 0 Å². The van der Waals surface area contributed by atoms with Crippen molar-refractivity contribution in [3.05, 3.63) is 0 Å². The minimum absolute atomic E-state index is 0.250. The molecule has 0 amide bonds. The first-order chi connectivity index (χ1) is 8.33. The standard InChI is InChI=1S/C14H30.2BrH.Zn/c1-3-5-7-9-11-13-14-12-10-8-6-4-2;;;/h3-14H2,1-2H3;2*1H;/q;;;+2/p-2. The van der Waals surface area contributed by atoms with Gasteiger partial charge in [-0.2, -0.15) is 0 Å². The molecule has 0 aromatic rings. The van der Waals surface area contributed by atoms with Gasteiger partial charge in [-0.05, 0) is 0 Å². The fourth-order valence-corrected chi connectivity index (χ4v) is 1.91. The second-order valence-corrected chi connectivity index (χ2v) is 18.7. The summed E-state index contributed by atoms with van der Waals surface area (Å²) in [4.78, 5) is 0. The monoisotopic (exact) mass is 420 g/mol. The van der Waals surface area contributed by atoms with Crippen LogP contribution in [0.3, 0.4) is 0 Å². The third kappa shape index (κ3) is 27.0. The summed E-state index contributed by atoms with van der Waals surface area (Å²) in [5.41, 5.74) is 0. The summed E-state index contributed by atoms with van der Waals surface area (Å²) >= 11 is 6.25. The van der Waals surface area contributed by atoms with E-state index < -0.39 is 0 Å². The zero-order valence-electron chi connectivity index (χ0n) is 11.9. The number of hydrogen-bond donors (Lipinski definition) is 0. The molecule has 0 nitrogen and oxygen atoms in total. The Labute approximate surface area is 130 Å². The van der Waals surface area contributed by atoms with Crippen LogP contribution < -0.4 is 0 Å². The van der Waals surface area contributed by atoms with E-state index >= 15 is 0 Å². The van der Waals surface area contributed by atoms with Gasteiger partial charge in [-0.25, -0.2) is 0 Å². The van der Waals surface area contributed by atoms with E-state index in [1.54, 1.807) is 0 Å². The maximum absolute atomic E-state index is 3.25. The predicted octanol–water partition coefficient (Wildman–Crippen LogP) is 7.40. The quantitative estimate of drug-likeness (QED) is 0.240. The molecule has 0 heterocycles. The van der Waals surface area contributed by atoms with Crippen molar-refractivity contribution in [1.29, 1.82) is 0 Å². The average molecular weight is 424 g/mol. The van der Waals surface area contributed by atoms with Crippen molar-refractivity contribution in [3.8, 4) is 0 Å². The third-order valence-electron chi connectivity index (χ3n) is 2.96. The fourth-order valence-electron chi connectivity index (χ4n) is 1.91. The van der Waals surface area contributed by atoms with Crippen LogP contribution in [0.1, 0.15) is 90.9 Å². The molecule has 3 heteroatoms. The van der Waals surface area contributed by atoms with Gasteiger partial charge in [-0.3, -0.25) is 0 Å². The Morgan fingerprint density at radius 1 is 0.529 bits per heavy atom. The number of halogens is 2. The molecule has 0 N–H and O–H groups in total. The minimum atomic E-state index is -0.250. The van der Waals surface area contributed by atoms with Crippen LogP contribution in [0.25, 0.3) is 0 Å². The molecule has 102 valence electrons. The molecule has 0 aliphatic rings. The normalized spacial score (nSPS) is 9.41. The molecule has 0 rings (SSSR count). The molecule has 0 saturated heterocycles. The van der Waals surface area contributed by atoms with Crippen LogP contribution in [-0.4, -0.2) is 0 Å². The van der Waals surface area contributed by atoms with E-state index in [1.165, 1.54) is 77.0 Å². The van der Waals surface area contributed by atoms with Gasteiger partial charge in [0.25, 0.3) is 0 Å². The Morgan fingerprint density at radius 3 is 0.882 bits per heavy atom. The van der Waals surface area contributed by atoms with E-state index in [1.807, 2.05) is 0 Å². The van der Waals surface area contributed by atoms with Gasteiger partial charge in [0.05, 0.1) is 0 Å². The molecule has 0 atom stereocenters. The van der Waals surface area contributed by atoms with Crippen molar-refractivity contribution in [2.75, 3.05) is 0 Å². The first-order valence-corrected chi connectivity index (χ1v) is 21.3. The topological polar surface area (TPSA) is 0 Å². The molecule has 0 saturated carbocycles. The fraction of sp³-hybridized carbons (Fsp3) is 1.00. The molecule has 0 spiro atoms. The van der Waals surface area contributed by atoms with Crippen molar-refractivity contribution in [3.63, 3.8) is 0 Å². The van der Waals surface area contributed by atoms with Crippen LogP contribution >= 0.6 is 27.2 Å². The summed E-state index contributed by atoms with van der Waals surface area (Å²) in [5, 5.41) is 0. The SMILES string of the molecule is CCCCCCCCCCCCCC.[Br][Zn][Br]. The summed E-state index contributed by atoms with van der Waals surface area (Å²) in [6.07, 6.45) is 17.4. The average Bonchev–Trinajstić information content (AvgIpc) is 2.33. The molecule has 0 unspecified atom stereocenters. The summed E-state index contributed by atoms with van der Waals surface area (Å²) in [6.45, 7) is 4.57. The first-order valence-electron chi connectivity index (χ1n) is 7.45. The molecule has 0 bridgehead atoms. The van der Waals surface area contributed by atoms with E-state index in [0.717, 1.165) is 0 Å². The summed E-state index contributed by atoms with van der Waals surface area (Å²) in [6, 6.07) is 0. The zero-order chi connectivity index (χ0) is 13.2. The number of rotatable bonds is 11. The van der Waals surface area contributed by atoms with E-state index in [4.69, 9.17) is 0 Å². The molecule has 0 fully saturated rings. The van der Waals surface area contributed by atoms with E-state index in [-0.39, 0.29) is 13.2 Å². The van der Waals surface area contributed by atoms with Crippen LogP contribution in [0.5, 0.6) is 0 Å². The van der Waals surface area contributed by atoms with Gasteiger partial charge < -0.3 is 0 Å². The molecule has 0 radical (unpaired) electrons. The molecule has 0 aliphatic carbocycles. The Balaban J connectivity index is 0. The second kappa shape index (κ2) is 22.7. The second-order valence-electron chi connectivity index (χ2n) is 4.64. The number of hydrogen-bond acceptors (Lipinski definition) is 0. The molecule has 0 aliphatic heterocycles. The summed E-state index contributed by atoms with van der Waals surface area (Å²) in [7, 11) is 0. The summed E-state index contributed by atoms with van der Waals surface area (Å²) < 4.78 is 0. The van der Waals surface area contributed by atoms with E-state index in [9.17, 15) is 0 Å². The van der Waals surface area contributed by atoms with E-state index in [2.05, 4.69) is 41.1 Å². The first kappa shape index (κ1) is 20.9. The molecular weight excluding hydrogens is 393 g/mol. The van der Waals surface area contributed by atoms with Crippen LogP contribution in [0, 0.1) is 0 Å². The van der Waals surface area contributed by atoms with Gasteiger partial charge in [-0.1, -0.05) is 90.9 Å². The Kier molecular flexibility index (Phi) is 27.9. The van der Waals surface area contributed by atoms with Crippen LogP contribution in [0.4, 0.5) is 0 Å². The van der Waals surface area contributed by atoms with Crippen molar-refractivity contribution in [1.82, 2.24) is 0 Å². The number of unbranched alkanes of at least 4 members (excludes halogenated alkanes) is 11. The van der Waals surface area contributed by atoms with Gasteiger partial charge in [0.15, 0.2) is 0 Å². The van der Waals surface area contributed by atoms with Crippen molar-refractivity contribution < 1.29 is 13.2 Å².